The number of halogens is 2. The highest BCUT2D eigenvalue weighted by atomic mass is 19.3. The summed E-state index contributed by atoms with van der Waals surface area (Å²) in [5.74, 6) is -1.47. The monoisotopic (exact) mass is 342 g/mol. The summed E-state index contributed by atoms with van der Waals surface area (Å²) < 4.78 is 28.3. The molecule has 2 heterocycles. The van der Waals surface area contributed by atoms with Crippen LogP contribution in [-0.2, 0) is 0 Å². The Balaban J connectivity index is 1.50. The van der Waals surface area contributed by atoms with Crippen LogP contribution in [0.1, 0.15) is 25.7 Å². The van der Waals surface area contributed by atoms with Crippen molar-refractivity contribution in [3.63, 3.8) is 0 Å². The highest BCUT2D eigenvalue weighted by Gasteiger charge is 2.34. The van der Waals surface area contributed by atoms with E-state index in [9.17, 15) is 8.78 Å². The van der Waals surface area contributed by atoms with E-state index in [1.807, 2.05) is 53.2 Å². The van der Waals surface area contributed by atoms with Gasteiger partial charge >= 0.3 is 0 Å². The van der Waals surface area contributed by atoms with Crippen LogP contribution in [0.3, 0.4) is 0 Å². The van der Waals surface area contributed by atoms with Crippen molar-refractivity contribution in [2.45, 2.75) is 31.6 Å². The molecule has 0 bridgehead atoms. The number of anilines is 1. The minimum atomic E-state index is -2.48. The third-order valence-corrected chi connectivity index (χ3v) is 4.84. The lowest BCUT2D eigenvalue weighted by Crippen LogP contribution is -2.28. The van der Waals surface area contributed by atoms with Gasteiger partial charge in [0, 0.05) is 24.9 Å². The predicted octanol–water partition coefficient (Wildman–Crippen LogP) is 4.63. The maximum absolute atomic E-state index is 13.2. The van der Waals surface area contributed by atoms with Gasteiger partial charge < -0.3 is 5.32 Å². The molecular formula is C19H20F2N4. The summed E-state index contributed by atoms with van der Waals surface area (Å²) in [4.78, 5) is 4.39. The lowest BCUT2D eigenvalue weighted by molar-refractivity contribution is -0.0443. The van der Waals surface area contributed by atoms with E-state index in [2.05, 4.69) is 15.4 Å². The molecule has 1 N–H and O–H groups in total. The molecule has 0 spiro atoms. The van der Waals surface area contributed by atoms with E-state index < -0.39 is 5.92 Å². The molecule has 1 aliphatic rings. The molecule has 1 aromatic carbocycles. The second kappa shape index (κ2) is 6.43. The van der Waals surface area contributed by atoms with Crippen LogP contribution in [0.15, 0.2) is 48.7 Å². The third kappa shape index (κ3) is 3.48. The zero-order valence-corrected chi connectivity index (χ0v) is 13.8. The highest BCUT2D eigenvalue weighted by molar-refractivity contribution is 5.63. The van der Waals surface area contributed by atoms with Crippen molar-refractivity contribution in [2.24, 2.45) is 5.92 Å². The maximum atomic E-state index is 13.2. The summed E-state index contributed by atoms with van der Waals surface area (Å²) in [6.45, 7) is 0.671. The Morgan fingerprint density at radius 2 is 1.84 bits per heavy atom. The third-order valence-electron chi connectivity index (χ3n) is 4.84. The van der Waals surface area contributed by atoms with Gasteiger partial charge in [-0.2, -0.15) is 0 Å². The predicted molar refractivity (Wildman–Crippen MR) is 93.8 cm³/mol. The second-order valence-electron chi connectivity index (χ2n) is 6.68. The summed E-state index contributed by atoms with van der Waals surface area (Å²) in [6.07, 6.45) is 2.91. The van der Waals surface area contributed by atoms with Gasteiger partial charge in [0.15, 0.2) is 5.65 Å². The highest BCUT2D eigenvalue weighted by Crippen LogP contribution is 2.36. The second-order valence-corrected chi connectivity index (χ2v) is 6.68. The summed E-state index contributed by atoms with van der Waals surface area (Å²) in [5.41, 5.74) is 2.76. The molecule has 3 aromatic rings. The first-order valence-corrected chi connectivity index (χ1v) is 8.63. The summed E-state index contributed by atoms with van der Waals surface area (Å²) in [6, 6.07) is 13.8. The van der Waals surface area contributed by atoms with Gasteiger partial charge in [-0.05, 0) is 30.9 Å². The number of alkyl halides is 2. The molecule has 0 saturated heterocycles. The maximum Gasteiger partial charge on any atom is 0.248 e. The fraction of sp³-hybridized carbons (Fsp3) is 0.368. The molecule has 130 valence electrons. The molecular weight excluding hydrogens is 322 g/mol. The average molecular weight is 342 g/mol. The van der Waals surface area contributed by atoms with Gasteiger partial charge in [0.1, 0.15) is 5.82 Å². The summed E-state index contributed by atoms with van der Waals surface area (Å²) in [7, 11) is 0. The van der Waals surface area contributed by atoms with Crippen LogP contribution in [0.25, 0.3) is 16.9 Å². The Morgan fingerprint density at radius 1 is 1.08 bits per heavy atom. The van der Waals surface area contributed by atoms with E-state index in [-0.39, 0.29) is 18.8 Å². The van der Waals surface area contributed by atoms with Crippen molar-refractivity contribution in [3.05, 3.63) is 48.7 Å². The first-order chi connectivity index (χ1) is 12.1. The van der Waals surface area contributed by atoms with Crippen LogP contribution in [0, 0.1) is 5.92 Å². The number of fused-ring (bicyclic) bond motifs is 1. The number of hydrogen-bond acceptors (Lipinski definition) is 3. The van der Waals surface area contributed by atoms with E-state index >= 15 is 0 Å². The van der Waals surface area contributed by atoms with Gasteiger partial charge in [0.05, 0.1) is 11.9 Å². The minimum absolute atomic E-state index is 0.00845. The standard InChI is InChI=1S/C19H20F2N4/c20-19(21)10-8-14(9-11-19)12-22-17-6-7-18-23-13-16(25(18)24-17)15-4-2-1-3-5-15/h1-7,13-14H,8-12H2,(H,22,24). The lowest BCUT2D eigenvalue weighted by Gasteiger charge is -2.28. The smallest absolute Gasteiger partial charge is 0.248 e. The molecule has 0 unspecified atom stereocenters. The van der Waals surface area contributed by atoms with E-state index in [0.29, 0.717) is 19.4 Å². The SMILES string of the molecule is FC1(F)CCC(CNc2ccc3ncc(-c4ccccc4)n3n2)CC1. The zero-order valence-electron chi connectivity index (χ0n) is 13.8. The van der Waals surface area contributed by atoms with Crippen molar-refractivity contribution in [1.29, 1.82) is 0 Å². The van der Waals surface area contributed by atoms with E-state index in [1.54, 1.807) is 0 Å². The number of nitrogens with one attached hydrogen (secondary N) is 1. The average Bonchev–Trinajstić information content (AvgIpc) is 3.05. The van der Waals surface area contributed by atoms with Crippen LogP contribution in [0.5, 0.6) is 0 Å². The number of aromatic nitrogens is 3. The van der Waals surface area contributed by atoms with Gasteiger partial charge in [-0.3, -0.25) is 0 Å². The van der Waals surface area contributed by atoms with Crippen LogP contribution < -0.4 is 5.32 Å². The normalized spacial score (nSPS) is 17.7. The Hall–Kier alpha value is -2.50. The molecule has 0 atom stereocenters. The number of rotatable bonds is 4. The first kappa shape index (κ1) is 16.0. The largest absolute Gasteiger partial charge is 0.368 e. The van der Waals surface area contributed by atoms with Crippen molar-refractivity contribution >= 4 is 11.5 Å². The minimum Gasteiger partial charge on any atom is -0.368 e. The fourth-order valence-electron chi connectivity index (χ4n) is 3.33. The molecule has 4 nitrogen and oxygen atoms in total. The first-order valence-electron chi connectivity index (χ1n) is 8.63. The number of benzene rings is 1. The van der Waals surface area contributed by atoms with Crippen LogP contribution in [0.4, 0.5) is 14.6 Å². The van der Waals surface area contributed by atoms with Gasteiger partial charge in [0.2, 0.25) is 5.92 Å². The van der Waals surface area contributed by atoms with Crippen molar-refractivity contribution in [1.82, 2.24) is 14.6 Å². The Bertz CT molecular complexity index is 850. The van der Waals surface area contributed by atoms with Crippen molar-refractivity contribution in [2.75, 3.05) is 11.9 Å². The number of hydrogen-bond donors (Lipinski definition) is 1. The van der Waals surface area contributed by atoms with Gasteiger partial charge in [-0.1, -0.05) is 30.3 Å². The van der Waals surface area contributed by atoms with Crippen LogP contribution >= 0.6 is 0 Å². The zero-order chi connectivity index (χ0) is 17.3. The quantitative estimate of drug-likeness (QED) is 0.751. The molecule has 0 amide bonds. The molecule has 1 saturated carbocycles. The van der Waals surface area contributed by atoms with Crippen molar-refractivity contribution < 1.29 is 8.78 Å². The Morgan fingerprint density at radius 3 is 2.60 bits per heavy atom. The van der Waals surface area contributed by atoms with Gasteiger partial charge in [0.25, 0.3) is 0 Å². The van der Waals surface area contributed by atoms with Gasteiger partial charge in [-0.15, -0.1) is 5.10 Å². The van der Waals surface area contributed by atoms with E-state index in [4.69, 9.17) is 0 Å². The number of imidazole rings is 1. The molecule has 4 rings (SSSR count). The molecule has 0 radical (unpaired) electrons. The molecule has 0 aliphatic heterocycles. The van der Waals surface area contributed by atoms with E-state index in [0.717, 1.165) is 22.7 Å². The fourth-order valence-corrected chi connectivity index (χ4v) is 3.33. The van der Waals surface area contributed by atoms with E-state index in [1.165, 1.54) is 0 Å². The lowest BCUT2D eigenvalue weighted by atomic mass is 9.87. The molecule has 1 fully saturated rings. The van der Waals surface area contributed by atoms with Crippen molar-refractivity contribution in [3.8, 4) is 11.3 Å². The molecule has 2 aromatic heterocycles. The summed E-state index contributed by atoms with van der Waals surface area (Å²) >= 11 is 0. The topological polar surface area (TPSA) is 42.2 Å². The Kier molecular flexibility index (Phi) is 4.11. The molecule has 6 heteroatoms. The summed E-state index contributed by atoms with van der Waals surface area (Å²) in [5, 5.41) is 7.92. The van der Waals surface area contributed by atoms with Gasteiger partial charge in [-0.25, -0.2) is 18.3 Å². The van der Waals surface area contributed by atoms with Crippen LogP contribution in [-0.4, -0.2) is 27.1 Å². The van der Waals surface area contributed by atoms with Crippen LogP contribution in [0.2, 0.25) is 0 Å². The molecule has 25 heavy (non-hydrogen) atoms. The molecule has 1 aliphatic carbocycles. The number of nitrogens with zero attached hydrogens (tertiary/aromatic N) is 3. The Labute approximate surface area is 144 Å².